The maximum absolute atomic E-state index is 2.24. The van der Waals surface area contributed by atoms with E-state index in [2.05, 4.69) is 49.9 Å². The molecule has 0 N–H and O–H groups in total. The van der Waals surface area contributed by atoms with Gasteiger partial charge in [0.25, 0.3) is 0 Å². The fraction of sp³-hybridized carbons (Fsp3) is 0.500. The van der Waals surface area contributed by atoms with E-state index in [4.69, 9.17) is 0 Å². The van der Waals surface area contributed by atoms with Gasteiger partial charge in [0, 0.05) is 18.6 Å². The first-order valence-electron chi connectivity index (χ1n) is 4.21. The third kappa shape index (κ3) is 2.04. The Morgan fingerprint density at radius 2 is 1.91 bits per heavy atom. The van der Waals surface area contributed by atoms with Gasteiger partial charge in [0.2, 0.25) is 0 Å². The zero-order valence-corrected chi connectivity index (χ0v) is 7.54. The predicted molar refractivity (Wildman–Crippen MR) is 46.4 cm³/mol. The SMILES string of the molecule is CCC(C)[n+]1ccc(C)cc1. The molecule has 0 aliphatic carbocycles. The van der Waals surface area contributed by atoms with Crippen LogP contribution in [-0.4, -0.2) is 0 Å². The minimum Gasteiger partial charge on any atom is -0.203 e. The van der Waals surface area contributed by atoms with Crippen LogP contribution < -0.4 is 4.57 Å². The van der Waals surface area contributed by atoms with Crippen LogP contribution in [0.3, 0.4) is 0 Å². The Balaban J connectivity index is 2.81. The van der Waals surface area contributed by atoms with Gasteiger partial charge >= 0.3 is 0 Å². The van der Waals surface area contributed by atoms with Crippen molar-refractivity contribution >= 4 is 0 Å². The van der Waals surface area contributed by atoms with Gasteiger partial charge in [-0.15, -0.1) is 0 Å². The molecule has 1 atom stereocenters. The molecule has 1 unspecified atom stereocenters. The first-order chi connectivity index (χ1) is 5.24. The van der Waals surface area contributed by atoms with E-state index in [9.17, 15) is 0 Å². The highest BCUT2D eigenvalue weighted by atomic mass is 15.0. The fourth-order valence-electron chi connectivity index (χ4n) is 1.02. The van der Waals surface area contributed by atoms with Gasteiger partial charge < -0.3 is 0 Å². The smallest absolute Gasteiger partial charge is 0.169 e. The fourth-order valence-corrected chi connectivity index (χ4v) is 1.02. The molecule has 1 heteroatoms. The molecule has 0 bridgehead atoms. The molecule has 1 rings (SSSR count). The third-order valence-corrected chi connectivity index (χ3v) is 2.12. The molecule has 60 valence electrons. The minimum absolute atomic E-state index is 0.621. The Morgan fingerprint density at radius 1 is 1.36 bits per heavy atom. The summed E-state index contributed by atoms with van der Waals surface area (Å²) in [6, 6.07) is 4.91. The molecule has 1 aromatic heterocycles. The normalized spacial score (nSPS) is 13.0. The lowest BCUT2D eigenvalue weighted by Crippen LogP contribution is -2.36. The van der Waals surface area contributed by atoms with Gasteiger partial charge in [-0.3, -0.25) is 0 Å². The van der Waals surface area contributed by atoms with Crippen LogP contribution in [0.4, 0.5) is 0 Å². The lowest BCUT2D eigenvalue weighted by molar-refractivity contribution is -0.720. The van der Waals surface area contributed by atoms with Crippen molar-refractivity contribution in [3.05, 3.63) is 30.1 Å². The van der Waals surface area contributed by atoms with Gasteiger partial charge in [0.1, 0.15) is 0 Å². The van der Waals surface area contributed by atoms with E-state index in [1.807, 2.05) is 0 Å². The van der Waals surface area contributed by atoms with Crippen molar-refractivity contribution in [3.63, 3.8) is 0 Å². The van der Waals surface area contributed by atoms with E-state index in [-0.39, 0.29) is 0 Å². The van der Waals surface area contributed by atoms with E-state index in [0.717, 1.165) is 0 Å². The predicted octanol–water partition coefficient (Wildman–Crippen LogP) is 2.25. The number of pyridine rings is 1. The number of rotatable bonds is 2. The number of aromatic nitrogens is 1. The van der Waals surface area contributed by atoms with Crippen LogP contribution in [0.5, 0.6) is 0 Å². The summed E-state index contributed by atoms with van der Waals surface area (Å²) < 4.78 is 2.24. The van der Waals surface area contributed by atoms with Gasteiger partial charge in [-0.25, -0.2) is 4.57 Å². The molecular formula is C10H16N+. The molecule has 1 heterocycles. The van der Waals surface area contributed by atoms with Gasteiger partial charge in [-0.05, 0) is 19.4 Å². The van der Waals surface area contributed by atoms with Crippen molar-refractivity contribution in [3.8, 4) is 0 Å². The summed E-state index contributed by atoms with van der Waals surface area (Å²) in [5.74, 6) is 0. The monoisotopic (exact) mass is 150 g/mol. The molecule has 0 saturated heterocycles. The van der Waals surface area contributed by atoms with Crippen molar-refractivity contribution in [1.82, 2.24) is 0 Å². The molecule has 0 saturated carbocycles. The van der Waals surface area contributed by atoms with E-state index in [1.54, 1.807) is 0 Å². The lowest BCUT2D eigenvalue weighted by Gasteiger charge is -2.02. The highest BCUT2D eigenvalue weighted by Crippen LogP contribution is 1.99. The van der Waals surface area contributed by atoms with E-state index < -0.39 is 0 Å². The van der Waals surface area contributed by atoms with Gasteiger partial charge in [0.15, 0.2) is 18.4 Å². The number of nitrogens with zero attached hydrogens (tertiary/aromatic N) is 1. The molecule has 0 aliphatic heterocycles. The van der Waals surface area contributed by atoms with Crippen LogP contribution in [-0.2, 0) is 0 Å². The quantitative estimate of drug-likeness (QED) is 0.569. The summed E-state index contributed by atoms with van der Waals surface area (Å²) in [5, 5.41) is 0. The Morgan fingerprint density at radius 3 is 2.36 bits per heavy atom. The lowest BCUT2D eigenvalue weighted by atomic mass is 10.2. The molecule has 0 aliphatic rings. The van der Waals surface area contributed by atoms with Crippen LogP contribution in [0, 0.1) is 6.92 Å². The Labute approximate surface area is 68.7 Å². The molecule has 0 spiro atoms. The average molecular weight is 150 g/mol. The average Bonchev–Trinajstić information content (AvgIpc) is 2.05. The van der Waals surface area contributed by atoms with Crippen molar-refractivity contribution in [1.29, 1.82) is 0 Å². The first kappa shape index (κ1) is 8.25. The van der Waals surface area contributed by atoms with Crippen molar-refractivity contribution in [2.45, 2.75) is 33.2 Å². The van der Waals surface area contributed by atoms with Crippen LogP contribution >= 0.6 is 0 Å². The Hall–Kier alpha value is -0.850. The second kappa shape index (κ2) is 3.51. The number of hydrogen-bond donors (Lipinski definition) is 0. The zero-order chi connectivity index (χ0) is 8.27. The van der Waals surface area contributed by atoms with Crippen LogP contribution in [0.15, 0.2) is 24.5 Å². The summed E-state index contributed by atoms with van der Waals surface area (Å²) >= 11 is 0. The summed E-state index contributed by atoms with van der Waals surface area (Å²) in [5.41, 5.74) is 1.32. The van der Waals surface area contributed by atoms with Crippen LogP contribution in [0.25, 0.3) is 0 Å². The molecule has 1 aromatic rings. The Bertz CT molecular complexity index is 213. The summed E-state index contributed by atoms with van der Waals surface area (Å²) in [6.45, 7) is 6.55. The third-order valence-electron chi connectivity index (χ3n) is 2.12. The number of hydrogen-bond acceptors (Lipinski definition) is 0. The summed E-state index contributed by atoms with van der Waals surface area (Å²) in [4.78, 5) is 0. The molecule has 0 fully saturated rings. The van der Waals surface area contributed by atoms with E-state index in [1.165, 1.54) is 12.0 Å². The maximum Gasteiger partial charge on any atom is 0.169 e. The van der Waals surface area contributed by atoms with Gasteiger partial charge in [0.05, 0.1) is 0 Å². The summed E-state index contributed by atoms with van der Waals surface area (Å²) in [7, 11) is 0. The molecular weight excluding hydrogens is 134 g/mol. The van der Waals surface area contributed by atoms with Crippen LogP contribution in [0.2, 0.25) is 0 Å². The topological polar surface area (TPSA) is 3.88 Å². The highest BCUT2D eigenvalue weighted by molar-refractivity contribution is 5.03. The minimum atomic E-state index is 0.621. The standard InChI is InChI=1S/C10H16N/c1-4-10(3)11-7-5-9(2)6-8-11/h5-8,10H,4H2,1-3H3/q+1. The van der Waals surface area contributed by atoms with E-state index >= 15 is 0 Å². The second-order valence-corrected chi connectivity index (χ2v) is 3.08. The van der Waals surface area contributed by atoms with Gasteiger partial charge in [-0.1, -0.05) is 6.92 Å². The second-order valence-electron chi connectivity index (χ2n) is 3.08. The molecule has 0 amide bonds. The summed E-state index contributed by atoms with van der Waals surface area (Å²) in [6.07, 6.45) is 5.47. The molecule has 1 nitrogen and oxygen atoms in total. The largest absolute Gasteiger partial charge is 0.203 e. The van der Waals surface area contributed by atoms with Crippen molar-refractivity contribution < 1.29 is 4.57 Å². The first-order valence-corrected chi connectivity index (χ1v) is 4.21. The van der Waals surface area contributed by atoms with Crippen molar-refractivity contribution in [2.24, 2.45) is 0 Å². The molecule has 11 heavy (non-hydrogen) atoms. The zero-order valence-electron chi connectivity index (χ0n) is 7.54. The van der Waals surface area contributed by atoms with Crippen molar-refractivity contribution in [2.75, 3.05) is 0 Å². The van der Waals surface area contributed by atoms with E-state index in [0.29, 0.717) is 6.04 Å². The maximum atomic E-state index is 2.24. The van der Waals surface area contributed by atoms with Gasteiger partial charge in [-0.2, -0.15) is 0 Å². The molecule has 0 aromatic carbocycles. The van der Waals surface area contributed by atoms with Crippen LogP contribution in [0.1, 0.15) is 31.9 Å². The molecule has 0 radical (unpaired) electrons. The number of aryl methyl sites for hydroxylation is 1. The Kier molecular flexibility index (Phi) is 2.64. The highest BCUT2D eigenvalue weighted by Gasteiger charge is 2.06.